The third-order valence-electron chi connectivity index (χ3n) is 4.04. The van der Waals surface area contributed by atoms with Gasteiger partial charge in [-0.3, -0.25) is 4.79 Å². The number of halogens is 2. The first kappa shape index (κ1) is 21.9. The third kappa shape index (κ3) is 4.89. The summed E-state index contributed by atoms with van der Waals surface area (Å²) >= 11 is 5.83. The van der Waals surface area contributed by atoms with E-state index in [1.165, 1.54) is 49.6 Å². The number of carbonyl (C=O) groups is 1. The monoisotopic (exact) mass is 426 g/mol. The molecule has 6 nitrogen and oxygen atoms in total. The molecule has 1 amide bonds. The maximum absolute atomic E-state index is 14.1. The number of primary amides is 1. The van der Waals surface area contributed by atoms with Gasteiger partial charge in [0.2, 0.25) is 15.9 Å². The van der Waals surface area contributed by atoms with Crippen molar-refractivity contribution in [1.82, 2.24) is 4.31 Å². The fourth-order valence-corrected chi connectivity index (χ4v) is 4.35. The van der Waals surface area contributed by atoms with Gasteiger partial charge in [-0.2, -0.15) is 4.31 Å². The van der Waals surface area contributed by atoms with Crippen LogP contribution in [0.5, 0.6) is 5.75 Å². The molecule has 0 aliphatic rings. The van der Waals surface area contributed by atoms with Crippen LogP contribution < -0.4 is 10.5 Å². The van der Waals surface area contributed by atoms with Gasteiger partial charge in [0.05, 0.1) is 12.0 Å². The fourth-order valence-electron chi connectivity index (χ4n) is 2.63. The maximum atomic E-state index is 14.1. The number of methoxy groups -OCH3 is 1. The molecule has 2 aromatic rings. The van der Waals surface area contributed by atoms with Gasteiger partial charge in [0.15, 0.2) is 11.6 Å². The number of amides is 1. The van der Waals surface area contributed by atoms with Crippen LogP contribution in [0.25, 0.3) is 0 Å². The van der Waals surface area contributed by atoms with Crippen LogP contribution in [0.15, 0.2) is 60.0 Å². The summed E-state index contributed by atoms with van der Waals surface area (Å²) in [5, 5.41) is 0.361. The van der Waals surface area contributed by atoms with Crippen molar-refractivity contribution < 1.29 is 22.3 Å². The number of nitrogens with zero attached hydrogens (tertiary/aromatic N) is 1. The Labute approximate surface area is 168 Å². The first-order valence-corrected chi connectivity index (χ1v) is 10.0. The average molecular weight is 427 g/mol. The first-order chi connectivity index (χ1) is 13.2. The Kier molecular flexibility index (Phi) is 7.17. The van der Waals surface area contributed by atoms with Crippen molar-refractivity contribution in [2.75, 3.05) is 7.11 Å². The Balaban J connectivity index is 2.52. The number of sulfonamides is 1. The molecular formula is C19H20ClFN2O4S. The summed E-state index contributed by atoms with van der Waals surface area (Å²) in [5.41, 5.74) is 5.77. The van der Waals surface area contributed by atoms with E-state index in [9.17, 15) is 17.6 Å². The zero-order valence-electron chi connectivity index (χ0n) is 15.1. The van der Waals surface area contributed by atoms with Gasteiger partial charge >= 0.3 is 0 Å². The molecule has 2 N–H and O–H groups in total. The molecule has 2 aromatic carbocycles. The first-order valence-electron chi connectivity index (χ1n) is 8.20. The highest BCUT2D eigenvalue weighted by Crippen LogP contribution is 2.26. The van der Waals surface area contributed by atoms with Crippen molar-refractivity contribution >= 4 is 27.5 Å². The van der Waals surface area contributed by atoms with Crippen molar-refractivity contribution in [3.8, 4) is 5.75 Å². The van der Waals surface area contributed by atoms with Gasteiger partial charge in [-0.15, -0.1) is 6.58 Å². The molecule has 0 heterocycles. The van der Waals surface area contributed by atoms with E-state index in [-0.39, 0.29) is 23.6 Å². The van der Waals surface area contributed by atoms with E-state index >= 15 is 0 Å². The smallest absolute Gasteiger partial charge is 0.244 e. The normalized spacial score (nSPS) is 12.6. The highest BCUT2D eigenvalue weighted by Gasteiger charge is 2.34. The minimum atomic E-state index is -4.14. The lowest BCUT2D eigenvalue weighted by molar-refractivity contribution is -0.121. The van der Waals surface area contributed by atoms with Crippen molar-refractivity contribution in [1.29, 1.82) is 0 Å². The number of benzene rings is 2. The summed E-state index contributed by atoms with van der Waals surface area (Å²) in [7, 11) is -2.82. The van der Waals surface area contributed by atoms with Crippen LogP contribution in [0.2, 0.25) is 5.02 Å². The molecule has 0 unspecified atom stereocenters. The molecule has 0 aliphatic heterocycles. The van der Waals surface area contributed by atoms with E-state index in [4.69, 9.17) is 22.1 Å². The van der Waals surface area contributed by atoms with Crippen molar-refractivity contribution in [2.45, 2.75) is 23.9 Å². The summed E-state index contributed by atoms with van der Waals surface area (Å²) in [4.78, 5) is 11.9. The average Bonchev–Trinajstić information content (AvgIpc) is 2.64. The third-order valence-corrected chi connectivity index (χ3v) is 6.16. The van der Waals surface area contributed by atoms with Gasteiger partial charge in [0, 0.05) is 11.6 Å². The zero-order valence-corrected chi connectivity index (χ0v) is 16.7. The predicted octanol–water partition coefficient (Wildman–Crippen LogP) is 3.11. The summed E-state index contributed by atoms with van der Waals surface area (Å²) < 4.78 is 46.3. The van der Waals surface area contributed by atoms with Crippen molar-refractivity contribution in [3.05, 3.63) is 71.5 Å². The lowest BCUT2D eigenvalue weighted by Gasteiger charge is -2.28. The molecule has 1 atom stereocenters. The highest BCUT2D eigenvalue weighted by molar-refractivity contribution is 7.89. The number of carbonyl (C=O) groups excluding carboxylic acids is 1. The van der Waals surface area contributed by atoms with E-state index < -0.39 is 27.8 Å². The molecule has 0 radical (unpaired) electrons. The second-order valence-corrected chi connectivity index (χ2v) is 8.24. The maximum Gasteiger partial charge on any atom is 0.244 e. The van der Waals surface area contributed by atoms with Crippen molar-refractivity contribution in [3.63, 3.8) is 0 Å². The number of hydrogen-bond donors (Lipinski definition) is 1. The van der Waals surface area contributed by atoms with Crippen LogP contribution in [0.3, 0.4) is 0 Å². The minimum Gasteiger partial charge on any atom is -0.494 e. The standard InChI is InChI=1S/C19H20ClFN2O4S/c1-3-4-17(19(22)24)23(12-13-5-10-18(27-2)16(21)11-13)28(25,26)15-8-6-14(20)7-9-15/h3,5-11,17H,1,4,12H2,2H3,(H2,22,24)/t17-/m1/s1. The lowest BCUT2D eigenvalue weighted by atomic mass is 10.1. The molecule has 0 bridgehead atoms. The Morgan fingerprint density at radius 1 is 1.32 bits per heavy atom. The molecule has 28 heavy (non-hydrogen) atoms. The molecular weight excluding hydrogens is 407 g/mol. The lowest BCUT2D eigenvalue weighted by Crippen LogP contribution is -2.47. The number of rotatable bonds is 9. The van der Waals surface area contributed by atoms with E-state index in [0.717, 1.165) is 10.4 Å². The molecule has 0 saturated carbocycles. The van der Waals surface area contributed by atoms with Gasteiger partial charge in [0.25, 0.3) is 0 Å². The van der Waals surface area contributed by atoms with Crippen LogP contribution in [-0.4, -0.2) is 31.8 Å². The van der Waals surface area contributed by atoms with Crippen LogP contribution >= 0.6 is 11.6 Å². The van der Waals surface area contributed by atoms with Gasteiger partial charge < -0.3 is 10.5 Å². The predicted molar refractivity (Wildman–Crippen MR) is 105 cm³/mol. The second kappa shape index (κ2) is 9.18. The van der Waals surface area contributed by atoms with E-state index in [1.54, 1.807) is 0 Å². The summed E-state index contributed by atoms with van der Waals surface area (Å²) in [6.45, 7) is 3.28. The fraction of sp³-hybridized carbons (Fsp3) is 0.211. The number of ether oxygens (including phenoxy) is 1. The Morgan fingerprint density at radius 2 is 1.96 bits per heavy atom. The van der Waals surface area contributed by atoms with Gasteiger partial charge in [-0.25, -0.2) is 12.8 Å². The van der Waals surface area contributed by atoms with E-state index in [2.05, 4.69) is 6.58 Å². The molecule has 9 heteroatoms. The topological polar surface area (TPSA) is 89.7 Å². The number of hydrogen-bond acceptors (Lipinski definition) is 4. The Bertz CT molecular complexity index is 964. The second-order valence-electron chi connectivity index (χ2n) is 5.92. The van der Waals surface area contributed by atoms with Gasteiger partial charge in [-0.05, 0) is 48.4 Å². The molecule has 0 aliphatic carbocycles. The van der Waals surface area contributed by atoms with Crippen LogP contribution in [0.4, 0.5) is 4.39 Å². The quantitative estimate of drug-likeness (QED) is 0.624. The highest BCUT2D eigenvalue weighted by atomic mass is 35.5. The zero-order chi connectivity index (χ0) is 20.9. The molecule has 2 rings (SSSR count). The Morgan fingerprint density at radius 3 is 2.46 bits per heavy atom. The molecule has 0 saturated heterocycles. The molecule has 0 aromatic heterocycles. The largest absolute Gasteiger partial charge is 0.494 e. The van der Waals surface area contributed by atoms with E-state index in [0.29, 0.717) is 10.6 Å². The number of nitrogens with two attached hydrogens (primary N) is 1. The molecule has 150 valence electrons. The Hall–Kier alpha value is -2.42. The van der Waals surface area contributed by atoms with Crippen LogP contribution in [0.1, 0.15) is 12.0 Å². The summed E-state index contributed by atoms with van der Waals surface area (Å²) in [6, 6.07) is 8.34. The molecule has 0 fully saturated rings. The summed E-state index contributed by atoms with van der Waals surface area (Å²) in [6.07, 6.45) is 1.40. The van der Waals surface area contributed by atoms with Gasteiger partial charge in [-0.1, -0.05) is 23.7 Å². The molecule has 0 spiro atoms. The van der Waals surface area contributed by atoms with Crippen LogP contribution in [-0.2, 0) is 21.4 Å². The van der Waals surface area contributed by atoms with Crippen molar-refractivity contribution in [2.24, 2.45) is 5.73 Å². The summed E-state index contributed by atoms with van der Waals surface area (Å²) in [5.74, 6) is -1.47. The minimum absolute atomic E-state index is 0.000784. The van der Waals surface area contributed by atoms with Crippen LogP contribution in [0, 0.1) is 5.82 Å². The van der Waals surface area contributed by atoms with E-state index in [1.807, 2.05) is 0 Å². The van der Waals surface area contributed by atoms with Gasteiger partial charge in [0.1, 0.15) is 6.04 Å². The SMILES string of the molecule is C=CC[C@H](C(N)=O)N(Cc1ccc(OC)c(F)c1)S(=O)(=O)c1ccc(Cl)cc1.